The second kappa shape index (κ2) is 7.09. The number of imide groups is 2. The van der Waals surface area contributed by atoms with Gasteiger partial charge < -0.3 is 0 Å². The lowest BCUT2D eigenvalue weighted by Gasteiger charge is -2.28. The van der Waals surface area contributed by atoms with Crippen molar-refractivity contribution in [2.45, 2.75) is 0 Å². The minimum absolute atomic E-state index is 0.000754. The maximum Gasteiger partial charge on any atom is 0.335 e. The van der Waals surface area contributed by atoms with Gasteiger partial charge in [-0.2, -0.15) is 0 Å². The van der Waals surface area contributed by atoms with E-state index in [0.717, 1.165) is 14.7 Å². The van der Waals surface area contributed by atoms with Crippen LogP contribution >= 0.6 is 22.6 Å². The summed E-state index contributed by atoms with van der Waals surface area (Å²) in [5.74, 6) is -3.43. The number of benzene rings is 2. The molecule has 3 rings (SSSR count). The molecule has 2 aromatic carbocycles. The van der Waals surface area contributed by atoms with Crippen LogP contribution in [-0.2, 0) is 9.59 Å². The van der Waals surface area contributed by atoms with Crippen molar-refractivity contribution in [1.29, 1.82) is 0 Å². The number of amides is 4. The number of hydrogen-bond acceptors (Lipinski definition) is 4. The number of urea groups is 1. The lowest BCUT2D eigenvalue weighted by molar-refractivity contribution is -0.131. The molecule has 0 radical (unpaired) electrons. The molecule has 2 aromatic rings. The Bertz CT molecular complexity index is 883. The van der Waals surface area contributed by atoms with Crippen LogP contribution in [0, 0.1) is 15.3 Å². The predicted octanol–water partition coefficient (Wildman–Crippen LogP) is 3.03. The van der Waals surface area contributed by atoms with Gasteiger partial charge in [0.05, 0.1) is 11.4 Å². The van der Waals surface area contributed by atoms with Crippen molar-refractivity contribution >= 4 is 58.0 Å². The first kappa shape index (κ1) is 17.2. The molecule has 1 saturated heterocycles. The Morgan fingerprint density at radius 2 is 1.76 bits per heavy atom. The van der Waals surface area contributed by atoms with E-state index >= 15 is 0 Å². The van der Waals surface area contributed by atoms with E-state index in [0.29, 0.717) is 5.69 Å². The highest BCUT2D eigenvalue weighted by molar-refractivity contribution is 14.1. The van der Waals surface area contributed by atoms with Crippen LogP contribution < -0.4 is 10.2 Å². The Hall–Kier alpha value is -2.62. The number of nitrogens with zero attached hydrogens (tertiary/aromatic N) is 2. The van der Waals surface area contributed by atoms with Crippen molar-refractivity contribution in [1.82, 2.24) is 5.32 Å². The van der Waals surface area contributed by atoms with Gasteiger partial charge in [-0.05, 0) is 59.0 Å². The van der Waals surface area contributed by atoms with Crippen LogP contribution in [0.25, 0.3) is 0 Å². The molecule has 25 heavy (non-hydrogen) atoms. The third kappa shape index (κ3) is 3.58. The maximum atomic E-state index is 13.6. The number of halogens is 2. The zero-order valence-corrected chi connectivity index (χ0v) is 14.8. The molecule has 0 saturated carbocycles. The standard InChI is InChI=1S/C17H11FIN3O3/c18-13-3-1-2-4-14(13)20-9-12-15(23)21-17(25)22(16(12)24)11-7-5-10(19)6-8-11/h1-9,12H,(H,21,23,25)/t12-/m1/s1. The van der Waals surface area contributed by atoms with E-state index < -0.39 is 29.6 Å². The second-order valence-electron chi connectivity index (χ2n) is 5.15. The van der Waals surface area contributed by atoms with E-state index in [-0.39, 0.29) is 5.69 Å². The summed E-state index contributed by atoms with van der Waals surface area (Å²) in [6.07, 6.45) is 1.04. The average molecular weight is 451 g/mol. The number of rotatable bonds is 3. The number of hydrogen-bond donors (Lipinski definition) is 1. The molecule has 4 amide bonds. The van der Waals surface area contributed by atoms with Gasteiger partial charge in [0.1, 0.15) is 5.82 Å². The number of para-hydroxylation sites is 1. The first-order chi connectivity index (χ1) is 12.0. The fraction of sp³-hybridized carbons (Fsp3) is 0.0588. The van der Waals surface area contributed by atoms with Gasteiger partial charge in [0.25, 0.3) is 5.91 Å². The van der Waals surface area contributed by atoms with Gasteiger partial charge in [0.2, 0.25) is 5.91 Å². The zero-order valence-electron chi connectivity index (χ0n) is 12.6. The van der Waals surface area contributed by atoms with Crippen molar-refractivity contribution in [3.8, 4) is 0 Å². The number of aliphatic imine (C=N–C) groups is 1. The van der Waals surface area contributed by atoms with Crippen LogP contribution in [0.4, 0.5) is 20.6 Å². The van der Waals surface area contributed by atoms with Gasteiger partial charge in [-0.15, -0.1) is 0 Å². The molecule has 126 valence electrons. The number of carbonyl (C=O) groups excluding carboxylic acids is 3. The van der Waals surface area contributed by atoms with Crippen molar-refractivity contribution in [3.63, 3.8) is 0 Å². The molecule has 0 aromatic heterocycles. The number of anilines is 1. The smallest absolute Gasteiger partial charge is 0.276 e. The quantitative estimate of drug-likeness (QED) is 0.443. The summed E-state index contributed by atoms with van der Waals surface area (Å²) in [5, 5.41) is 2.11. The molecule has 1 aliphatic rings. The van der Waals surface area contributed by atoms with Gasteiger partial charge in [-0.3, -0.25) is 19.9 Å². The van der Waals surface area contributed by atoms with Gasteiger partial charge >= 0.3 is 6.03 Å². The number of nitrogens with one attached hydrogen (secondary N) is 1. The lowest BCUT2D eigenvalue weighted by Crippen LogP contribution is -2.58. The second-order valence-corrected chi connectivity index (χ2v) is 6.40. The van der Waals surface area contributed by atoms with Crippen LogP contribution in [0.2, 0.25) is 0 Å². The van der Waals surface area contributed by atoms with E-state index in [1.54, 1.807) is 30.3 Å². The van der Waals surface area contributed by atoms with Gasteiger partial charge in [0.15, 0.2) is 5.92 Å². The molecular formula is C17H11FIN3O3. The Morgan fingerprint density at radius 3 is 2.44 bits per heavy atom. The topological polar surface area (TPSA) is 78.8 Å². The molecule has 1 atom stereocenters. The third-order valence-electron chi connectivity index (χ3n) is 3.50. The summed E-state index contributed by atoms with van der Waals surface area (Å²) in [7, 11) is 0. The van der Waals surface area contributed by atoms with Crippen LogP contribution in [0.15, 0.2) is 53.5 Å². The molecule has 1 heterocycles. The summed E-state index contributed by atoms with van der Waals surface area (Å²) in [6, 6.07) is 11.6. The van der Waals surface area contributed by atoms with Crippen LogP contribution in [-0.4, -0.2) is 24.1 Å². The van der Waals surface area contributed by atoms with Crippen molar-refractivity contribution in [2.24, 2.45) is 10.9 Å². The van der Waals surface area contributed by atoms with Crippen LogP contribution in [0.1, 0.15) is 0 Å². The van der Waals surface area contributed by atoms with Crippen LogP contribution in [0.5, 0.6) is 0 Å². The van der Waals surface area contributed by atoms with E-state index in [2.05, 4.69) is 32.9 Å². The molecule has 0 unspecified atom stereocenters. The lowest BCUT2D eigenvalue weighted by atomic mass is 10.1. The molecule has 0 spiro atoms. The van der Waals surface area contributed by atoms with E-state index in [9.17, 15) is 18.8 Å². The SMILES string of the molecule is O=C1NC(=O)N(c2ccc(I)cc2)C(=O)[C@@H]1C=Nc1ccccc1F. The van der Waals surface area contributed by atoms with Crippen molar-refractivity contribution < 1.29 is 18.8 Å². The molecule has 1 aliphatic heterocycles. The van der Waals surface area contributed by atoms with Crippen molar-refractivity contribution in [3.05, 3.63) is 57.9 Å². The Labute approximate surface area is 155 Å². The van der Waals surface area contributed by atoms with E-state index in [4.69, 9.17) is 0 Å². The van der Waals surface area contributed by atoms with E-state index in [1.165, 1.54) is 18.2 Å². The number of carbonyl (C=O) groups is 3. The molecule has 6 nitrogen and oxygen atoms in total. The average Bonchev–Trinajstić information content (AvgIpc) is 2.57. The summed E-state index contributed by atoms with van der Waals surface area (Å²) >= 11 is 2.09. The molecule has 8 heteroatoms. The largest absolute Gasteiger partial charge is 0.335 e. The van der Waals surface area contributed by atoms with E-state index in [1.807, 2.05) is 0 Å². The molecule has 0 bridgehead atoms. The van der Waals surface area contributed by atoms with Gasteiger partial charge in [-0.1, -0.05) is 12.1 Å². The summed E-state index contributed by atoms with van der Waals surface area (Å²) < 4.78 is 14.5. The highest BCUT2D eigenvalue weighted by Crippen LogP contribution is 2.22. The fourth-order valence-corrected chi connectivity index (χ4v) is 2.63. The minimum Gasteiger partial charge on any atom is -0.276 e. The number of barbiturate groups is 1. The maximum absolute atomic E-state index is 13.6. The van der Waals surface area contributed by atoms with Crippen molar-refractivity contribution in [2.75, 3.05) is 4.90 Å². The third-order valence-corrected chi connectivity index (χ3v) is 4.22. The van der Waals surface area contributed by atoms with Gasteiger partial charge in [0, 0.05) is 9.78 Å². The summed E-state index contributed by atoms with van der Waals surface area (Å²) in [4.78, 5) is 41.4. The summed E-state index contributed by atoms with van der Waals surface area (Å²) in [5.41, 5.74) is 0.334. The van der Waals surface area contributed by atoms with Crippen LogP contribution in [0.3, 0.4) is 0 Å². The first-order valence-corrected chi connectivity index (χ1v) is 8.28. The normalized spacial score (nSPS) is 17.9. The summed E-state index contributed by atoms with van der Waals surface area (Å²) in [6.45, 7) is 0. The highest BCUT2D eigenvalue weighted by atomic mass is 127. The fourth-order valence-electron chi connectivity index (χ4n) is 2.27. The zero-order chi connectivity index (χ0) is 18.0. The minimum atomic E-state index is -1.32. The predicted molar refractivity (Wildman–Crippen MR) is 98.2 cm³/mol. The molecule has 1 N–H and O–H groups in total. The molecule has 1 fully saturated rings. The Kier molecular flexibility index (Phi) is 4.88. The highest BCUT2D eigenvalue weighted by Gasteiger charge is 2.40. The Balaban J connectivity index is 1.90. The first-order valence-electron chi connectivity index (χ1n) is 7.20. The molecular weight excluding hydrogens is 440 g/mol. The molecule has 0 aliphatic carbocycles. The monoisotopic (exact) mass is 451 g/mol. The Morgan fingerprint density at radius 1 is 1.08 bits per heavy atom. The van der Waals surface area contributed by atoms with Gasteiger partial charge in [-0.25, -0.2) is 14.1 Å².